The van der Waals surface area contributed by atoms with Crippen molar-refractivity contribution in [2.75, 3.05) is 18.8 Å². The lowest BCUT2D eigenvalue weighted by Gasteiger charge is -2.22. The quantitative estimate of drug-likeness (QED) is 0.821. The fraction of sp³-hybridized carbons (Fsp3) is 0.571. The number of anilines is 1. The summed E-state index contributed by atoms with van der Waals surface area (Å²) in [6.45, 7) is 1.28. The number of halogens is 1. The van der Waals surface area contributed by atoms with Gasteiger partial charge in [-0.25, -0.2) is 8.42 Å². The Morgan fingerprint density at radius 3 is 2.15 bits per heavy atom. The number of nitrogens with zero attached hydrogens (tertiary/aromatic N) is 1. The molecule has 0 saturated heterocycles. The largest absolute Gasteiger partial charge is 0.398 e. The van der Waals surface area contributed by atoms with Crippen LogP contribution < -0.4 is 5.73 Å². The molecule has 2 saturated carbocycles. The standard InChI is InChI=1S/C14H19ClN2O2S/c15-13-7-12(5-6-14(13)16)20(18,19)17(8-10-1-2-10)9-11-3-4-11/h5-7,10-11H,1-4,8-9,16H2. The second-order valence-corrected chi connectivity index (χ2v) is 8.24. The van der Waals surface area contributed by atoms with Gasteiger partial charge in [-0.2, -0.15) is 4.31 Å². The smallest absolute Gasteiger partial charge is 0.243 e. The van der Waals surface area contributed by atoms with E-state index in [0.29, 0.717) is 35.6 Å². The van der Waals surface area contributed by atoms with E-state index in [1.165, 1.54) is 6.07 Å². The summed E-state index contributed by atoms with van der Waals surface area (Å²) in [6.07, 6.45) is 4.55. The maximum atomic E-state index is 12.7. The summed E-state index contributed by atoms with van der Waals surface area (Å²) in [7, 11) is -3.46. The summed E-state index contributed by atoms with van der Waals surface area (Å²) in [6, 6.07) is 4.56. The van der Waals surface area contributed by atoms with E-state index < -0.39 is 10.0 Å². The zero-order valence-corrected chi connectivity index (χ0v) is 12.8. The second-order valence-electron chi connectivity index (χ2n) is 5.89. The number of benzene rings is 1. The van der Waals surface area contributed by atoms with Crippen molar-refractivity contribution in [2.24, 2.45) is 11.8 Å². The Morgan fingerprint density at radius 2 is 1.70 bits per heavy atom. The van der Waals surface area contributed by atoms with Gasteiger partial charge in [-0.1, -0.05) is 11.6 Å². The predicted molar refractivity (Wildman–Crippen MR) is 80.1 cm³/mol. The molecule has 20 heavy (non-hydrogen) atoms. The molecule has 2 aliphatic rings. The van der Waals surface area contributed by atoms with Gasteiger partial charge in [0.25, 0.3) is 0 Å². The number of hydrogen-bond donors (Lipinski definition) is 1. The first kappa shape index (κ1) is 14.2. The zero-order chi connectivity index (χ0) is 14.3. The highest BCUT2D eigenvalue weighted by molar-refractivity contribution is 7.89. The van der Waals surface area contributed by atoms with Crippen molar-refractivity contribution in [1.82, 2.24) is 4.31 Å². The normalized spacial score (nSPS) is 19.5. The first-order valence-corrected chi connectivity index (χ1v) is 8.84. The number of rotatable bonds is 6. The van der Waals surface area contributed by atoms with Gasteiger partial charge in [-0.05, 0) is 55.7 Å². The lowest BCUT2D eigenvalue weighted by molar-refractivity contribution is 0.382. The van der Waals surface area contributed by atoms with Crippen LogP contribution in [0.25, 0.3) is 0 Å². The van der Waals surface area contributed by atoms with Crippen molar-refractivity contribution in [2.45, 2.75) is 30.6 Å². The van der Waals surface area contributed by atoms with Crippen molar-refractivity contribution in [3.05, 3.63) is 23.2 Å². The third-order valence-corrected chi connectivity index (χ3v) is 6.08. The molecule has 0 atom stereocenters. The van der Waals surface area contributed by atoms with E-state index in [1.54, 1.807) is 16.4 Å². The van der Waals surface area contributed by atoms with Crippen LogP contribution in [0.1, 0.15) is 25.7 Å². The molecular formula is C14H19ClN2O2S. The highest BCUT2D eigenvalue weighted by atomic mass is 35.5. The Bertz CT molecular complexity index is 596. The molecule has 2 N–H and O–H groups in total. The second kappa shape index (κ2) is 5.20. The highest BCUT2D eigenvalue weighted by Gasteiger charge is 2.35. The summed E-state index contributed by atoms with van der Waals surface area (Å²) in [5.74, 6) is 1.07. The van der Waals surface area contributed by atoms with E-state index in [9.17, 15) is 8.42 Å². The maximum absolute atomic E-state index is 12.7. The molecule has 2 fully saturated rings. The lowest BCUT2D eigenvalue weighted by Crippen LogP contribution is -2.34. The summed E-state index contributed by atoms with van der Waals surface area (Å²) in [5, 5.41) is 0.295. The predicted octanol–water partition coefficient (Wildman–Crippen LogP) is 2.73. The first-order valence-electron chi connectivity index (χ1n) is 7.02. The van der Waals surface area contributed by atoms with Crippen LogP contribution in [0.5, 0.6) is 0 Å². The fourth-order valence-corrected chi connectivity index (χ4v) is 4.13. The van der Waals surface area contributed by atoms with Crippen molar-refractivity contribution in [3.63, 3.8) is 0 Å². The van der Waals surface area contributed by atoms with Crippen LogP contribution in [0.4, 0.5) is 5.69 Å². The SMILES string of the molecule is Nc1ccc(S(=O)(=O)N(CC2CC2)CC2CC2)cc1Cl. The molecule has 0 aliphatic heterocycles. The molecule has 2 aliphatic carbocycles. The Morgan fingerprint density at radius 1 is 1.15 bits per heavy atom. The van der Waals surface area contributed by atoms with Crippen LogP contribution in [0, 0.1) is 11.8 Å². The van der Waals surface area contributed by atoms with E-state index in [4.69, 9.17) is 17.3 Å². The third kappa shape index (κ3) is 3.10. The van der Waals surface area contributed by atoms with Crippen LogP contribution in [0.2, 0.25) is 5.02 Å². The summed E-state index contributed by atoms with van der Waals surface area (Å²) in [5.41, 5.74) is 6.05. The van der Waals surface area contributed by atoms with E-state index in [1.807, 2.05) is 0 Å². The Kier molecular flexibility index (Phi) is 3.69. The Hall–Kier alpha value is -0.780. The van der Waals surface area contributed by atoms with Gasteiger partial charge in [0.1, 0.15) is 0 Å². The van der Waals surface area contributed by atoms with Gasteiger partial charge in [0.2, 0.25) is 10.0 Å². The molecule has 1 aromatic carbocycles. The highest BCUT2D eigenvalue weighted by Crippen LogP contribution is 2.36. The van der Waals surface area contributed by atoms with Crippen LogP contribution in [0.3, 0.4) is 0 Å². The topological polar surface area (TPSA) is 63.4 Å². The minimum absolute atomic E-state index is 0.248. The molecule has 3 rings (SSSR count). The average Bonchev–Trinajstić information content (AvgIpc) is 3.26. The average molecular weight is 315 g/mol. The number of nitrogens with two attached hydrogens (primary N) is 1. The summed E-state index contributed by atoms with van der Waals surface area (Å²) < 4.78 is 27.1. The van der Waals surface area contributed by atoms with Crippen molar-refractivity contribution >= 4 is 27.3 Å². The van der Waals surface area contributed by atoms with Crippen LogP contribution in [-0.4, -0.2) is 25.8 Å². The van der Waals surface area contributed by atoms with Gasteiger partial charge >= 0.3 is 0 Å². The van der Waals surface area contributed by atoms with Crippen LogP contribution in [0.15, 0.2) is 23.1 Å². The van der Waals surface area contributed by atoms with E-state index in [0.717, 1.165) is 25.7 Å². The van der Waals surface area contributed by atoms with E-state index in [-0.39, 0.29) is 4.90 Å². The van der Waals surface area contributed by atoms with Gasteiger partial charge in [-0.3, -0.25) is 0 Å². The van der Waals surface area contributed by atoms with Crippen LogP contribution in [-0.2, 0) is 10.0 Å². The summed E-state index contributed by atoms with van der Waals surface area (Å²) in [4.78, 5) is 0.248. The molecule has 0 radical (unpaired) electrons. The minimum Gasteiger partial charge on any atom is -0.398 e. The van der Waals surface area contributed by atoms with Gasteiger partial charge in [-0.15, -0.1) is 0 Å². The molecule has 0 amide bonds. The summed E-state index contributed by atoms with van der Waals surface area (Å²) >= 11 is 5.95. The van der Waals surface area contributed by atoms with Crippen molar-refractivity contribution in [1.29, 1.82) is 0 Å². The molecule has 0 heterocycles. The first-order chi connectivity index (χ1) is 9.46. The molecule has 0 bridgehead atoms. The van der Waals surface area contributed by atoms with Crippen molar-refractivity contribution in [3.8, 4) is 0 Å². The molecule has 0 unspecified atom stereocenters. The monoisotopic (exact) mass is 314 g/mol. The molecule has 0 spiro atoms. The Labute approximate surface area is 125 Å². The maximum Gasteiger partial charge on any atom is 0.243 e. The number of sulfonamides is 1. The Balaban J connectivity index is 1.86. The van der Waals surface area contributed by atoms with Gasteiger partial charge in [0.15, 0.2) is 0 Å². The number of nitrogen functional groups attached to an aromatic ring is 1. The number of hydrogen-bond acceptors (Lipinski definition) is 3. The van der Waals surface area contributed by atoms with E-state index in [2.05, 4.69) is 0 Å². The molecule has 0 aromatic heterocycles. The zero-order valence-electron chi connectivity index (χ0n) is 11.3. The molecule has 6 heteroatoms. The van der Waals surface area contributed by atoms with Crippen molar-refractivity contribution < 1.29 is 8.42 Å². The minimum atomic E-state index is -3.46. The third-order valence-electron chi connectivity index (χ3n) is 3.93. The van der Waals surface area contributed by atoms with Gasteiger partial charge in [0.05, 0.1) is 15.6 Å². The fourth-order valence-electron chi connectivity index (χ4n) is 2.26. The molecule has 110 valence electrons. The van der Waals surface area contributed by atoms with Gasteiger partial charge in [0, 0.05) is 13.1 Å². The van der Waals surface area contributed by atoms with Gasteiger partial charge < -0.3 is 5.73 Å². The molecule has 1 aromatic rings. The lowest BCUT2D eigenvalue weighted by atomic mass is 10.3. The molecular weight excluding hydrogens is 296 g/mol. The molecule has 4 nitrogen and oxygen atoms in total. The van der Waals surface area contributed by atoms with Crippen LogP contribution >= 0.6 is 11.6 Å². The van der Waals surface area contributed by atoms with E-state index >= 15 is 0 Å².